The van der Waals surface area contributed by atoms with Gasteiger partial charge < -0.3 is 10.7 Å². The van der Waals surface area contributed by atoms with Crippen molar-refractivity contribution in [1.82, 2.24) is 14.8 Å². The second-order valence-electron chi connectivity index (χ2n) is 4.19. The molecular formula is C12H18N4O. The number of unbranched alkanes of at least 4 members (excludes halogenated alkanes) is 1. The van der Waals surface area contributed by atoms with Crippen molar-refractivity contribution in [1.29, 1.82) is 0 Å². The van der Waals surface area contributed by atoms with Crippen molar-refractivity contribution in [3.05, 3.63) is 28.2 Å². The van der Waals surface area contributed by atoms with Gasteiger partial charge in [-0.2, -0.15) is 5.10 Å². The number of nitrogens with two attached hydrogens (primary N) is 1. The Balaban J connectivity index is 2.41. The van der Waals surface area contributed by atoms with E-state index < -0.39 is 0 Å². The molecular weight excluding hydrogens is 216 g/mol. The molecule has 0 radical (unpaired) electrons. The van der Waals surface area contributed by atoms with Gasteiger partial charge in [0, 0.05) is 17.5 Å². The number of hydrogen-bond donors (Lipinski definition) is 2. The predicted octanol–water partition coefficient (Wildman–Crippen LogP) is 1.03. The first kappa shape index (κ1) is 11.9. The first-order chi connectivity index (χ1) is 8.26. The molecule has 0 aromatic carbocycles. The van der Waals surface area contributed by atoms with Gasteiger partial charge in [-0.15, -0.1) is 0 Å². The minimum atomic E-state index is -0.0544. The molecule has 3 N–H and O–H groups in total. The van der Waals surface area contributed by atoms with Crippen molar-refractivity contribution in [2.75, 3.05) is 6.54 Å². The lowest BCUT2D eigenvalue weighted by atomic mass is 10.2. The van der Waals surface area contributed by atoms with Crippen molar-refractivity contribution in [3.8, 4) is 0 Å². The van der Waals surface area contributed by atoms with E-state index in [0.29, 0.717) is 13.0 Å². The van der Waals surface area contributed by atoms with Crippen molar-refractivity contribution in [2.45, 2.75) is 32.7 Å². The van der Waals surface area contributed by atoms with Gasteiger partial charge in [-0.25, -0.2) is 4.68 Å². The fourth-order valence-electron chi connectivity index (χ4n) is 1.90. The average molecular weight is 234 g/mol. The molecule has 5 nitrogen and oxygen atoms in total. The van der Waals surface area contributed by atoms with Gasteiger partial charge in [-0.3, -0.25) is 4.79 Å². The molecule has 2 heterocycles. The van der Waals surface area contributed by atoms with Crippen LogP contribution in [0.25, 0.3) is 11.0 Å². The van der Waals surface area contributed by atoms with Gasteiger partial charge in [0.25, 0.3) is 5.56 Å². The fourth-order valence-corrected chi connectivity index (χ4v) is 1.90. The fraction of sp³-hybridized carbons (Fsp3) is 0.500. The summed E-state index contributed by atoms with van der Waals surface area (Å²) in [6, 6.07) is 1.89. The van der Waals surface area contributed by atoms with E-state index in [1.807, 2.05) is 10.7 Å². The van der Waals surface area contributed by atoms with Crippen LogP contribution in [-0.4, -0.2) is 21.3 Å². The Morgan fingerprint density at radius 2 is 2.35 bits per heavy atom. The van der Waals surface area contributed by atoms with Crippen molar-refractivity contribution < 1.29 is 0 Å². The molecule has 2 aromatic rings. The van der Waals surface area contributed by atoms with Crippen molar-refractivity contribution >= 4 is 11.0 Å². The van der Waals surface area contributed by atoms with E-state index in [9.17, 15) is 4.79 Å². The standard InChI is InChI=1S/C12H18N4O/c1-2-3-6-16-11-10(8-14-16)7-9(4-5-13)12(17)15-11/h7-8H,2-6,13H2,1H3,(H,15,17). The number of fused-ring (bicyclic) bond motifs is 1. The van der Waals surface area contributed by atoms with Gasteiger partial charge in [0.1, 0.15) is 5.65 Å². The Kier molecular flexibility index (Phi) is 3.58. The van der Waals surface area contributed by atoms with Crippen molar-refractivity contribution in [2.24, 2.45) is 5.73 Å². The van der Waals surface area contributed by atoms with Gasteiger partial charge in [0.05, 0.1) is 6.20 Å². The molecule has 0 spiro atoms. The zero-order valence-corrected chi connectivity index (χ0v) is 10.1. The normalized spacial score (nSPS) is 11.2. The number of nitrogens with one attached hydrogen (secondary N) is 1. The van der Waals surface area contributed by atoms with Gasteiger partial charge in [-0.1, -0.05) is 13.3 Å². The summed E-state index contributed by atoms with van der Waals surface area (Å²) in [6.45, 7) is 3.46. The number of pyridine rings is 1. The monoisotopic (exact) mass is 234 g/mol. The second kappa shape index (κ2) is 5.14. The number of rotatable bonds is 5. The minimum Gasteiger partial charge on any atom is -0.330 e. The molecule has 0 unspecified atom stereocenters. The maximum Gasteiger partial charge on any atom is 0.252 e. The first-order valence-electron chi connectivity index (χ1n) is 6.04. The molecule has 0 saturated heterocycles. The smallest absolute Gasteiger partial charge is 0.252 e. The topological polar surface area (TPSA) is 76.7 Å². The summed E-state index contributed by atoms with van der Waals surface area (Å²) in [5.74, 6) is 0. The van der Waals surface area contributed by atoms with Crippen LogP contribution in [0.4, 0.5) is 0 Å². The summed E-state index contributed by atoms with van der Waals surface area (Å²) in [7, 11) is 0. The molecule has 0 aliphatic rings. The van der Waals surface area contributed by atoms with Gasteiger partial charge in [0.15, 0.2) is 0 Å². The molecule has 0 fully saturated rings. The SMILES string of the molecule is CCCCn1ncc2cc(CCN)c(=O)[nH]c21. The Morgan fingerprint density at radius 1 is 1.53 bits per heavy atom. The van der Waals surface area contributed by atoms with E-state index in [2.05, 4.69) is 17.0 Å². The van der Waals surface area contributed by atoms with Gasteiger partial charge >= 0.3 is 0 Å². The summed E-state index contributed by atoms with van der Waals surface area (Å²) in [6.07, 6.45) is 4.56. The first-order valence-corrected chi connectivity index (χ1v) is 6.04. The largest absolute Gasteiger partial charge is 0.330 e. The van der Waals surface area contributed by atoms with E-state index in [0.717, 1.165) is 36.0 Å². The summed E-state index contributed by atoms with van der Waals surface area (Å²) < 4.78 is 1.85. The van der Waals surface area contributed by atoms with Crippen LogP contribution in [0.1, 0.15) is 25.3 Å². The Morgan fingerprint density at radius 3 is 3.06 bits per heavy atom. The second-order valence-corrected chi connectivity index (χ2v) is 4.19. The molecule has 2 aromatic heterocycles. The quantitative estimate of drug-likeness (QED) is 0.811. The molecule has 0 aliphatic heterocycles. The van der Waals surface area contributed by atoms with E-state index in [4.69, 9.17) is 5.73 Å². The van der Waals surface area contributed by atoms with Crippen LogP contribution in [-0.2, 0) is 13.0 Å². The van der Waals surface area contributed by atoms with Crippen LogP contribution in [0.5, 0.6) is 0 Å². The molecule has 17 heavy (non-hydrogen) atoms. The summed E-state index contributed by atoms with van der Waals surface area (Å²) in [4.78, 5) is 14.7. The number of aromatic nitrogens is 3. The number of aromatic amines is 1. The van der Waals surface area contributed by atoms with E-state index in [-0.39, 0.29) is 5.56 Å². The average Bonchev–Trinajstić information content (AvgIpc) is 2.70. The predicted molar refractivity (Wildman–Crippen MR) is 68.0 cm³/mol. The highest BCUT2D eigenvalue weighted by molar-refractivity contribution is 5.74. The lowest BCUT2D eigenvalue weighted by Gasteiger charge is -2.02. The van der Waals surface area contributed by atoms with Crippen LogP contribution in [0.3, 0.4) is 0 Å². The highest BCUT2D eigenvalue weighted by Gasteiger charge is 2.06. The number of nitrogens with zero attached hydrogens (tertiary/aromatic N) is 2. The van der Waals surface area contributed by atoms with Gasteiger partial charge in [-0.05, 0) is 25.5 Å². The van der Waals surface area contributed by atoms with Crippen LogP contribution < -0.4 is 11.3 Å². The third-order valence-corrected chi connectivity index (χ3v) is 2.86. The number of aryl methyl sites for hydroxylation is 1. The van der Waals surface area contributed by atoms with Crippen molar-refractivity contribution in [3.63, 3.8) is 0 Å². The molecule has 5 heteroatoms. The molecule has 0 aliphatic carbocycles. The summed E-state index contributed by atoms with van der Waals surface area (Å²) >= 11 is 0. The minimum absolute atomic E-state index is 0.0544. The number of hydrogen-bond acceptors (Lipinski definition) is 3. The van der Waals surface area contributed by atoms with Crippen LogP contribution in [0.2, 0.25) is 0 Å². The lowest BCUT2D eigenvalue weighted by molar-refractivity contribution is 0.583. The lowest BCUT2D eigenvalue weighted by Crippen LogP contribution is -2.17. The van der Waals surface area contributed by atoms with Crippen LogP contribution in [0, 0.1) is 0 Å². The van der Waals surface area contributed by atoms with Crippen LogP contribution in [0.15, 0.2) is 17.1 Å². The maximum absolute atomic E-state index is 11.8. The molecule has 2 rings (SSSR count). The molecule has 92 valence electrons. The van der Waals surface area contributed by atoms with Gasteiger partial charge in [0.2, 0.25) is 0 Å². The molecule has 0 amide bonds. The third-order valence-electron chi connectivity index (χ3n) is 2.86. The Labute approximate surface area is 99.6 Å². The zero-order valence-electron chi connectivity index (χ0n) is 10.1. The highest BCUT2D eigenvalue weighted by Crippen LogP contribution is 2.11. The maximum atomic E-state index is 11.8. The molecule has 0 saturated carbocycles. The zero-order chi connectivity index (χ0) is 12.3. The Hall–Kier alpha value is -1.62. The summed E-state index contributed by atoms with van der Waals surface area (Å²) in [5.41, 5.74) is 6.96. The highest BCUT2D eigenvalue weighted by atomic mass is 16.1. The van der Waals surface area contributed by atoms with E-state index in [1.54, 1.807) is 6.20 Å². The van der Waals surface area contributed by atoms with Crippen LogP contribution >= 0.6 is 0 Å². The molecule has 0 bridgehead atoms. The summed E-state index contributed by atoms with van der Waals surface area (Å²) in [5, 5.41) is 5.27. The third kappa shape index (κ3) is 2.39. The van der Waals surface area contributed by atoms with E-state index >= 15 is 0 Å². The number of H-pyrrole nitrogens is 1. The Bertz CT molecular complexity index is 555. The van der Waals surface area contributed by atoms with E-state index in [1.165, 1.54) is 0 Å². The molecule has 0 atom stereocenters.